The molecule has 0 aliphatic heterocycles. The first-order valence-electron chi connectivity index (χ1n) is 9.44. The van der Waals surface area contributed by atoms with E-state index in [2.05, 4.69) is 59.1 Å². The van der Waals surface area contributed by atoms with Crippen molar-refractivity contribution in [3.8, 4) is 0 Å². The van der Waals surface area contributed by atoms with Crippen molar-refractivity contribution in [2.24, 2.45) is 4.99 Å². The molecule has 0 aliphatic rings. The van der Waals surface area contributed by atoms with Crippen LogP contribution in [0.15, 0.2) is 59.6 Å². The van der Waals surface area contributed by atoms with Gasteiger partial charge in [0.2, 0.25) is 0 Å². The van der Waals surface area contributed by atoms with Crippen molar-refractivity contribution < 1.29 is 4.79 Å². The van der Waals surface area contributed by atoms with Gasteiger partial charge in [0.15, 0.2) is 5.96 Å². The second-order valence-corrected chi connectivity index (χ2v) is 6.67. The highest BCUT2D eigenvalue weighted by molar-refractivity contribution is 5.94. The van der Waals surface area contributed by atoms with E-state index in [4.69, 9.17) is 0 Å². The van der Waals surface area contributed by atoms with Crippen molar-refractivity contribution in [2.75, 3.05) is 26.7 Å². The third-order valence-corrected chi connectivity index (χ3v) is 4.41. The van der Waals surface area contributed by atoms with Crippen LogP contribution in [0.2, 0.25) is 0 Å². The Balaban J connectivity index is 1.64. The zero-order chi connectivity index (χ0) is 19.5. The first-order chi connectivity index (χ1) is 13.1. The molecular formula is C22H30N4O. The Hall–Kier alpha value is -2.82. The van der Waals surface area contributed by atoms with Crippen LogP contribution < -0.4 is 16.0 Å². The van der Waals surface area contributed by atoms with Crippen LogP contribution in [-0.2, 0) is 0 Å². The number of nitrogens with one attached hydrogen (secondary N) is 3. The maximum absolute atomic E-state index is 12.0. The molecule has 0 bridgehead atoms. The molecule has 27 heavy (non-hydrogen) atoms. The van der Waals surface area contributed by atoms with Gasteiger partial charge in [-0.2, -0.15) is 0 Å². The number of rotatable bonds is 8. The summed E-state index contributed by atoms with van der Waals surface area (Å²) in [6.45, 7) is 6.48. The summed E-state index contributed by atoms with van der Waals surface area (Å²) in [5.74, 6) is 1.14. The Morgan fingerprint density at radius 3 is 2.30 bits per heavy atom. The van der Waals surface area contributed by atoms with Gasteiger partial charge >= 0.3 is 0 Å². The lowest BCUT2D eigenvalue weighted by atomic mass is 10.0. The highest BCUT2D eigenvalue weighted by Gasteiger charge is 2.07. The molecule has 0 saturated carbocycles. The predicted molar refractivity (Wildman–Crippen MR) is 112 cm³/mol. The van der Waals surface area contributed by atoms with Gasteiger partial charge in [0.05, 0.1) is 0 Å². The third-order valence-electron chi connectivity index (χ3n) is 4.41. The maximum Gasteiger partial charge on any atom is 0.251 e. The lowest BCUT2D eigenvalue weighted by Gasteiger charge is -2.16. The summed E-state index contributed by atoms with van der Waals surface area (Å²) in [7, 11) is 1.77. The number of amides is 1. The van der Waals surface area contributed by atoms with E-state index in [1.165, 1.54) is 11.1 Å². The summed E-state index contributed by atoms with van der Waals surface area (Å²) in [5.41, 5.74) is 3.27. The summed E-state index contributed by atoms with van der Waals surface area (Å²) in [6.07, 6.45) is 0.826. The average molecular weight is 367 g/mol. The largest absolute Gasteiger partial charge is 0.356 e. The summed E-state index contributed by atoms with van der Waals surface area (Å²) >= 11 is 0. The van der Waals surface area contributed by atoms with Crippen molar-refractivity contribution in [1.29, 1.82) is 0 Å². The predicted octanol–water partition coefficient (Wildman–Crippen LogP) is 3.08. The minimum absolute atomic E-state index is 0.0370. The SMILES string of the molecule is CN=C(NCCCNC(=O)c1ccccc1)NCC(C)c1ccc(C)cc1. The van der Waals surface area contributed by atoms with Crippen LogP contribution >= 0.6 is 0 Å². The third kappa shape index (κ3) is 7.13. The Morgan fingerprint density at radius 2 is 1.63 bits per heavy atom. The molecular weight excluding hydrogens is 336 g/mol. The van der Waals surface area contributed by atoms with Crippen molar-refractivity contribution >= 4 is 11.9 Å². The molecule has 0 spiro atoms. The number of benzene rings is 2. The standard InChI is InChI=1S/C22H30N4O/c1-17-10-12-19(13-11-17)18(2)16-26-22(23-3)25-15-7-14-24-21(27)20-8-5-4-6-9-20/h4-6,8-13,18H,7,14-16H2,1-3H3,(H,24,27)(H2,23,25,26). The van der Waals surface area contributed by atoms with Crippen LogP contribution in [0.3, 0.4) is 0 Å². The fraction of sp³-hybridized carbons (Fsp3) is 0.364. The number of guanidine groups is 1. The van der Waals surface area contributed by atoms with E-state index in [0.29, 0.717) is 18.0 Å². The highest BCUT2D eigenvalue weighted by Crippen LogP contribution is 2.14. The van der Waals surface area contributed by atoms with E-state index in [1.54, 1.807) is 7.05 Å². The van der Waals surface area contributed by atoms with Crippen molar-refractivity contribution in [2.45, 2.75) is 26.2 Å². The molecule has 1 amide bonds. The van der Waals surface area contributed by atoms with Crippen molar-refractivity contribution in [1.82, 2.24) is 16.0 Å². The van der Waals surface area contributed by atoms with Gasteiger partial charge in [0.25, 0.3) is 5.91 Å². The molecule has 0 fully saturated rings. The quantitative estimate of drug-likeness (QED) is 0.382. The topological polar surface area (TPSA) is 65.5 Å². The van der Waals surface area contributed by atoms with Gasteiger partial charge in [-0.3, -0.25) is 9.79 Å². The molecule has 5 nitrogen and oxygen atoms in total. The summed E-state index contributed by atoms with van der Waals surface area (Å²) in [4.78, 5) is 16.2. The van der Waals surface area contributed by atoms with Crippen LogP contribution in [0.5, 0.6) is 0 Å². The smallest absolute Gasteiger partial charge is 0.251 e. The van der Waals surface area contributed by atoms with Gasteiger partial charge < -0.3 is 16.0 Å². The molecule has 2 rings (SSSR count). The summed E-state index contributed by atoms with van der Waals surface area (Å²) < 4.78 is 0. The van der Waals surface area contributed by atoms with Gasteiger partial charge in [-0.15, -0.1) is 0 Å². The van der Waals surface area contributed by atoms with Crippen LogP contribution in [-0.4, -0.2) is 38.5 Å². The van der Waals surface area contributed by atoms with Crippen molar-refractivity contribution in [3.63, 3.8) is 0 Å². The Labute approximate surface area is 162 Å². The van der Waals surface area contributed by atoms with E-state index in [0.717, 1.165) is 25.5 Å². The average Bonchev–Trinajstić information content (AvgIpc) is 2.70. The molecule has 3 N–H and O–H groups in total. The molecule has 2 aromatic carbocycles. The molecule has 0 aliphatic carbocycles. The number of hydrogen-bond acceptors (Lipinski definition) is 2. The fourth-order valence-electron chi connectivity index (χ4n) is 2.67. The molecule has 144 valence electrons. The zero-order valence-corrected chi connectivity index (χ0v) is 16.5. The van der Waals surface area contributed by atoms with Gasteiger partial charge in [-0.25, -0.2) is 0 Å². The Kier molecular flexibility index (Phi) is 8.36. The lowest BCUT2D eigenvalue weighted by molar-refractivity contribution is 0.0953. The molecule has 5 heteroatoms. The minimum Gasteiger partial charge on any atom is -0.356 e. The molecule has 1 atom stereocenters. The van der Waals surface area contributed by atoms with E-state index >= 15 is 0 Å². The van der Waals surface area contributed by atoms with Crippen LogP contribution in [0.4, 0.5) is 0 Å². The lowest BCUT2D eigenvalue weighted by Crippen LogP contribution is -2.40. The zero-order valence-electron chi connectivity index (χ0n) is 16.5. The fourth-order valence-corrected chi connectivity index (χ4v) is 2.67. The molecule has 0 heterocycles. The van der Waals surface area contributed by atoms with Crippen LogP contribution in [0, 0.1) is 6.92 Å². The van der Waals surface area contributed by atoms with Gasteiger partial charge in [-0.1, -0.05) is 55.0 Å². The second-order valence-electron chi connectivity index (χ2n) is 6.67. The Bertz CT molecular complexity index is 726. The van der Waals surface area contributed by atoms with E-state index < -0.39 is 0 Å². The number of hydrogen-bond donors (Lipinski definition) is 3. The maximum atomic E-state index is 12.0. The number of carbonyl (C=O) groups is 1. The van der Waals surface area contributed by atoms with E-state index in [1.807, 2.05) is 30.3 Å². The molecule has 1 unspecified atom stereocenters. The first kappa shape index (κ1) is 20.5. The second kappa shape index (κ2) is 11.0. The van der Waals surface area contributed by atoms with E-state index in [-0.39, 0.29) is 5.91 Å². The van der Waals surface area contributed by atoms with Gasteiger partial charge in [0, 0.05) is 32.2 Å². The monoisotopic (exact) mass is 366 g/mol. The number of carbonyl (C=O) groups excluding carboxylic acids is 1. The number of aliphatic imine (C=N–C) groups is 1. The van der Waals surface area contributed by atoms with E-state index in [9.17, 15) is 4.79 Å². The van der Waals surface area contributed by atoms with Gasteiger partial charge in [0.1, 0.15) is 0 Å². The molecule has 0 aromatic heterocycles. The number of aryl methyl sites for hydroxylation is 1. The van der Waals surface area contributed by atoms with Gasteiger partial charge in [-0.05, 0) is 37.0 Å². The molecule has 0 saturated heterocycles. The minimum atomic E-state index is -0.0370. The highest BCUT2D eigenvalue weighted by atomic mass is 16.1. The number of nitrogens with zero attached hydrogens (tertiary/aromatic N) is 1. The summed E-state index contributed by atoms with van der Waals surface area (Å²) in [5, 5.41) is 9.57. The van der Waals surface area contributed by atoms with Crippen LogP contribution in [0.25, 0.3) is 0 Å². The normalized spacial score (nSPS) is 12.3. The molecule has 2 aromatic rings. The first-order valence-corrected chi connectivity index (χ1v) is 9.44. The van der Waals surface area contributed by atoms with Crippen molar-refractivity contribution in [3.05, 3.63) is 71.3 Å². The van der Waals surface area contributed by atoms with Crippen LogP contribution in [0.1, 0.15) is 40.7 Å². The summed E-state index contributed by atoms with van der Waals surface area (Å²) in [6, 6.07) is 17.9. The molecule has 0 radical (unpaired) electrons. The Morgan fingerprint density at radius 1 is 0.963 bits per heavy atom.